The first-order chi connectivity index (χ1) is 27.4. The number of benzene rings is 4. The van der Waals surface area contributed by atoms with Crippen molar-refractivity contribution in [2.45, 2.75) is 45.9 Å². The smallest absolute Gasteiger partial charge is 0.160 e. The van der Waals surface area contributed by atoms with Gasteiger partial charge in [-0.2, -0.15) is 0 Å². The third kappa shape index (κ3) is 5.81. The molecule has 4 heterocycles. The van der Waals surface area contributed by atoms with E-state index >= 15 is 0 Å². The third-order valence-electron chi connectivity index (χ3n) is 11.8. The Kier molecular flexibility index (Phi) is 9.26. The van der Waals surface area contributed by atoms with Crippen LogP contribution in [0.4, 0.5) is 11.4 Å². The van der Waals surface area contributed by atoms with E-state index in [0.29, 0.717) is 5.92 Å². The fourth-order valence-electron chi connectivity index (χ4n) is 9.07. The summed E-state index contributed by atoms with van der Waals surface area (Å²) in [5.41, 5.74) is 13.7. The van der Waals surface area contributed by atoms with Gasteiger partial charge in [0.2, 0.25) is 0 Å². The molecule has 0 saturated heterocycles. The van der Waals surface area contributed by atoms with E-state index in [2.05, 4.69) is 185 Å². The van der Waals surface area contributed by atoms with Crippen molar-refractivity contribution in [3.63, 3.8) is 0 Å². The van der Waals surface area contributed by atoms with Crippen LogP contribution in [0, 0.1) is 5.92 Å². The van der Waals surface area contributed by atoms with Crippen molar-refractivity contribution in [3.8, 4) is 22.6 Å². The van der Waals surface area contributed by atoms with Gasteiger partial charge in [-0.15, -0.1) is 23.3 Å². The van der Waals surface area contributed by atoms with E-state index in [1.54, 1.807) is 0 Å². The molecule has 2 unspecified atom stereocenters. The Morgan fingerprint density at radius 3 is 2.45 bits per heavy atom. The molecular weight excluding hydrogens is 696 g/mol. The van der Waals surface area contributed by atoms with Gasteiger partial charge in [0.15, 0.2) is 5.82 Å². The molecular formula is C50H45B2N3S. The first-order valence-electron chi connectivity index (χ1n) is 20.0. The minimum atomic E-state index is -0.121. The highest BCUT2D eigenvalue weighted by atomic mass is 32.1. The first kappa shape index (κ1) is 36.0. The van der Waals surface area contributed by atoms with Gasteiger partial charge in [0.1, 0.15) is 14.6 Å². The second-order valence-electron chi connectivity index (χ2n) is 15.5. The molecule has 56 heavy (non-hydrogen) atoms. The van der Waals surface area contributed by atoms with Crippen LogP contribution in [0.5, 0.6) is 0 Å². The van der Waals surface area contributed by atoms with Gasteiger partial charge in [-0.1, -0.05) is 119 Å². The molecule has 4 aromatic carbocycles. The molecule has 9 rings (SSSR count). The molecule has 2 aromatic heterocycles. The first-order valence-corrected chi connectivity index (χ1v) is 20.8. The number of hydrogen-bond acceptors (Lipinski definition) is 4. The van der Waals surface area contributed by atoms with Crippen LogP contribution in [-0.4, -0.2) is 30.6 Å². The van der Waals surface area contributed by atoms with E-state index in [0.717, 1.165) is 64.8 Å². The lowest BCUT2D eigenvalue weighted by atomic mass is 9.64. The maximum absolute atomic E-state index is 5.49. The summed E-state index contributed by atoms with van der Waals surface area (Å²) in [4.78, 5) is 14.8. The van der Waals surface area contributed by atoms with Crippen LogP contribution in [0.25, 0.3) is 60.4 Å². The van der Waals surface area contributed by atoms with E-state index in [1.807, 2.05) is 17.4 Å². The standard InChI is InChI=1S/C50H45B2N3S/c1-7-15-33(30-52-6)35-26-34(31(8-2)16-14-25-51-5)27-36(28-35)45-37-17-9-11-21-42(37)53-49(54-45)32-23-24-43-41(29-32)50(3,4)40-20-13-19-39-46(40)55(43)47-38-18-10-12-22-44(38)56-48(39)47/h7-30,40,46,51-52H,2H2,1,3-6H3/b15-7-,25-14-,31-16+,33-30+. The molecule has 6 heteroatoms. The summed E-state index contributed by atoms with van der Waals surface area (Å²) in [6.45, 7) is 15.5. The van der Waals surface area contributed by atoms with Crippen LogP contribution < -0.4 is 4.90 Å². The summed E-state index contributed by atoms with van der Waals surface area (Å²) < 4.78 is 1.34. The van der Waals surface area contributed by atoms with Gasteiger partial charge in [-0.25, -0.2) is 9.97 Å². The van der Waals surface area contributed by atoms with Crippen molar-refractivity contribution < 1.29 is 0 Å². The maximum Gasteiger partial charge on any atom is 0.160 e. The van der Waals surface area contributed by atoms with Gasteiger partial charge in [0.25, 0.3) is 0 Å². The summed E-state index contributed by atoms with van der Waals surface area (Å²) in [6.07, 6.45) is 17.6. The molecule has 1 aliphatic carbocycles. The van der Waals surface area contributed by atoms with Crippen LogP contribution in [0.1, 0.15) is 42.3 Å². The lowest BCUT2D eigenvalue weighted by Crippen LogP contribution is -2.49. The Hall–Kier alpha value is -5.71. The zero-order valence-corrected chi connectivity index (χ0v) is 33.7. The molecule has 0 spiro atoms. The highest BCUT2D eigenvalue weighted by molar-refractivity contribution is 7.21. The number of anilines is 2. The second kappa shape index (κ2) is 14.4. The number of para-hydroxylation sites is 1. The Morgan fingerprint density at radius 2 is 1.66 bits per heavy atom. The van der Waals surface area contributed by atoms with Crippen LogP contribution in [-0.2, 0) is 5.41 Å². The maximum atomic E-state index is 5.49. The van der Waals surface area contributed by atoms with Gasteiger partial charge < -0.3 is 4.90 Å². The molecule has 6 aromatic rings. The number of thiophene rings is 1. The normalized spacial score (nSPS) is 18.4. The monoisotopic (exact) mass is 741 g/mol. The number of rotatable bonds is 9. The molecule has 272 valence electrons. The molecule has 0 N–H and O–H groups in total. The number of hydrogen-bond donors (Lipinski definition) is 0. The largest absolute Gasteiger partial charge is 0.331 e. The molecule has 2 atom stereocenters. The van der Waals surface area contributed by atoms with Gasteiger partial charge in [-0.05, 0) is 88.9 Å². The predicted octanol–water partition coefficient (Wildman–Crippen LogP) is 12.5. The number of fused-ring (bicyclic) bond motifs is 8. The van der Waals surface area contributed by atoms with Crippen molar-refractivity contribution in [3.05, 3.63) is 174 Å². The SMILES string of the molecule is C=C/C(=C\C=C/BC)c1cc(C(/C=C\C)=C/BC)cc(-c2nc(-c3ccc4c(c3)C(C)(C)C3C=CC=C5c6sc7ccccc7c6N4C53)nc3ccccc23)c1. The molecule has 0 saturated carbocycles. The van der Waals surface area contributed by atoms with E-state index in [9.17, 15) is 0 Å². The highest BCUT2D eigenvalue weighted by Gasteiger charge is 2.52. The Bertz CT molecular complexity index is 2760. The van der Waals surface area contributed by atoms with Crippen molar-refractivity contribution >= 4 is 75.0 Å². The Morgan fingerprint density at radius 1 is 0.875 bits per heavy atom. The van der Waals surface area contributed by atoms with Crippen molar-refractivity contribution in [1.82, 2.24) is 9.97 Å². The Balaban J connectivity index is 1.24. The van der Waals surface area contributed by atoms with Crippen LogP contribution in [0.2, 0.25) is 13.6 Å². The summed E-state index contributed by atoms with van der Waals surface area (Å²) >= 11 is 1.93. The molecule has 0 amide bonds. The van der Waals surface area contributed by atoms with Crippen LogP contribution >= 0.6 is 11.3 Å². The summed E-state index contributed by atoms with van der Waals surface area (Å²) in [7, 11) is 1.92. The van der Waals surface area contributed by atoms with Crippen molar-refractivity contribution in [2.24, 2.45) is 5.92 Å². The lowest BCUT2D eigenvalue weighted by Gasteiger charge is -2.49. The molecule has 3 aliphatic rings. The molecule has 0 bridgehead atoms. The van der Waals surface area contributed by atoms with E-state index < -0.39 is 0 Å². The highest BCUT2D eigenvalue weighted by Crippen LogP contribution is 2.62. The summed E-state index contributed by atoms with van der Waals surface area (Å²) in [6, 6.07) is 31.4. The van der Waals surface area contributed by atoms with Gasteiger partial charge in [-0.3, -0.25) is 0 Å². The fraction of sp³-hybridized carbons (Fsp3) is 0.160. The molecule has 2 aliphatic heterocycles. The van der Waals surface area contributed by atoms with Gasteiger partial charge >= 0.3 is 0 Å². The summed E-state index contributed by atoms with van der Waals surface area (Å²) in [5.74, 6) is 5.52. The Labute approximate surface area is 336 Å². The van der Waals surface area contributed by atoms with Crippen LogP contribution in [0.3, 0.4) is 0 Å². The number of aromatic nitrogens is 2. The zero-order chi connectivity index (χ0) is 38.6. The zero-order valence-electron chi connectivity index (χ0n) is 32.9. The minimum Gasteiger partial charge on any atom is -0.331 e. The minimum absolute atomic E-state index is 0.121. The number of nitrogens with zero attached hydrogens (tertiary/aromatic N) is 3. The average molecular weight is 742 g/mol. The van der Waals surface area contributed by atoms with Crippen molar-refractivity contribution in [2.75, 3.05) is 4.90 Å². The van der Waals surface area contributed by atoms with Gasteiger partial charge in [0, 0.05) is 43.6 Å². The average Bonchev–Trinajstić information content (AvgIpc) is 3.76. The van der Waals surface area contributed by atoms with E-state index in [4.69, 9.17) is 9.97 Å². The quantitative estimate of drug-likeness (QED) is 0.109. The molecule has 0 radical (unpaired) electrons. The van der Waals surface area contributed by atoms with Crippen LogP contribution in [0.15, 0.2) is 152 Å². The van der Waals surface area contributed by atoms with E-state index in [1.165, 1.54) is 43.0 Å². The van der Waals surface area contributed by atoms with E-state index in [-0.39, 0.29) is 11.5 Å². The fourth-order valence-corrected chi connectivity index (χ4v) is 10.3. The molecule has 0 fully saturated rings. The second-order valence-corrected chi connectivity index (χ2v) is 16.6. The lowest BCUT2D eigenvalue weighted by molar-refractivity contribution is 0.341. The topological polar surface area (TPSA) is 29.0 Å². The van der Waals surface area contributed by atoms with Gasteiger partial charge in [0.05, 0.1) is 27.8 Å². The van der Waals surface area contributed by atoms with Crippen molar-refractivity contribution in [1.29, 1.82) is 0 Å². The third-order valence-corrected chi connectivity index (χ3v) is 13.0. The summed E-state index contributed by atoms with van der Waals surface area (Å²) in [5, 5.41) is 2.37. The predicted molar refractivity (Wildman–Crippen MR) is 248 cm³/mol. The molecule has 3 nitrogen and oxygen atoms in total. The number of allylic oxidation sites excluding steroid dienone is 9.